The zero-order valence-electron chi connectivity index (χ0n) is 17.5. The molecular formula is C24H16ClN3O5. The average Bonchev–Trinajstić information content (AvgIpc) is 3.08. The molecule has 0 aliphatic carbocycles. The molecule has 2 aromatic carbocycles. The van der Waals surface area contributed by atoms with E-state index in [0.717, 1.165) is 11.1 Å². The highest BCUT2D eigenvalue weighted by atomic mass is 35.5. The molecule has 0 saturated heterocycles. The maximum Gasteiger partial charge on any atom is 0.296 e. The Hall–Kier alpha value is -4.04. The van der Waals surface area contributed by atoms with E-state index in [4.69, 9.17) is 16.0 Å². The molecule has 0 N–H and O–H groups in total. The van der Waals surface area contributed by atoms with Gasteiger partial charge in [0.05, 0.1) is 26.9 Å². The van der Waals surface area contributed by atoms with Crippen LogP contribution < -0.4 is 10.3 Å². The Kier molecular flexibility index (Phi) is 4.75. The topological polar surface area (TPSA) is 107 Å². The van der Waals surface area contributed by atoms with Crippen molar-refractivity contribution in [2.75, 3.05) is 4.90 Å². The van der Waals surface area contributed by atoms with Gasteiger partial charge < -0.3 is 4.42 Å². The number of hydrogen-bond donors (Lipinski definition) is 0. The monoisotopic (exact) mass is 461 g/mol. The second-order valence-electron chi connectivity index (χ2n) is 7.87. The standard InChI is InChI=1S/C24H16ClN3O5/c1-12-8-17-18(9-13(12)2)33-23-20(22(17)29)21(14-4-3-5-16(10-14)28(31)32)27(24(23)30)19-7-6-15(25)11-26-19/h3-11,21H,1-2H3. The highest BCUT2D eigenvalue weighted by Gasteiger charge is 2.44. The van der Waals surface area contributed by atoms with Gasteiger partial charge in [-0.25, -0.2) is 4.98 Å². The maximum absolute atomic E-state index is 13.6. The van der Waals surface area contributed by atoms with Crippen LogP contribution in [0.15, 0.2) is 63.9 Å². The van der Waals surface area contributed by atoms with Crippen LogP contribution in [-0.2, 0) is 0 Å². The summed E-state index contributed by atoms with van der Waals surface area (Å²) in [7, 11) is 0. The van der Waals surface area contributed by atoms with Crippen molar-refractivity contribution >= 4 is 40.0 Å². The third kappa shape index (κ3) is 3.27. The molecule has 9 heteroatoms. The number of carbonyl (C=O) groups is 1. The van der Waals surface area contributed by atoms with Gasteiger partial charge in [-0.1, -0.05) is 23.7 Å². The van der Waals surface area contributed by atoms with Crippen molar-refractivity contribution in [1.29, 1.82) is 0 Å². The van der Waals surface area contributed by atoms with Crippen LogP contribution in [0.4, 0.5) is 11.5 Å². The molecule has 0 radical (unpaired) electrons. The van der Waals surface area contributed by atoms with Gasteiger partial charge in [0.25, 0.3) is 11.6 Å². The number of anilines is 1. The van der Waals surface area contributed by atoms with E-state index in [1.807, 2.05) is 13.8 Å². The number of pyridine rings is 1. The van der Waals surface area contributed by atoms with E-state index in [1.54, 1.807) is 30.3 Å². The average molecular weight is 462 g/mol. The Morgan fingerprint density at radius 1 is 1.09 bits per heavy atom. The molecule has 1 aliphatic heterocycles. The molecule has 8 nitrogen and oxygen atoms in total. The van der Waals surface area contributed by atoms with Crippen molar-refractivity contribution in [2.45, 2.75) is 19.9 Å². The molecule has 1 unspecified atom stereocenters. The molecule has 164 valence electrons. The van der Waals surface area contributed by atoms with Crippen LogP contribution in [0.2, 0.25) is 5.02 Å². The van der Waals surface area contributed by atoms with Crippen LogP contribution in [0.5, 0.6) is 0 Å². The minimum Gasteiger partial charge on any atom is -0.450 e. The number of nitro groups is 1. The van der Waals surface area contributed by atoms with Gasteiger partial charge in [0.15, 0.2) is 5.43 Å². The lowest BCUT2D eigenvalue weighted by atomic mass is 9.97. The number of rotatable bonds is 3. The summed E-state index contributed by atoms with van der Waals surface area (Å²) in [5.74, 6) is -0.430. The number of hydrogen-bond acceptors (Lipinski definition) is 6. The molecule has 1 atom stereocenters. The zero-order chi connectivity index (χ0) is 23.4. The largest absolute Gasteiger partial charge is 0.450 e. The molecule has 0 spiro atoms. The van der Waals surface area contributed by atoms with E-state index in [1.165, 1.54) is 29.3 Å². The second kappa shape index (κ2) is 7.53. The molecular weight excluding hydrogens is 446 g/mol. The fourth-order valence-electron chi connectivity index (χ4n) is 4.10. The number of aromatic nitrogens is 1. The lowest BCUT2D eigenvalue weighted by Gasteiger charge is -2.24. The van der Waals surface area contributed by atoms with E-state index in [2.05, 4.69) is 4.98 Å². The van der Waals surface area contributed by atoms with Gasteiger partial charge in [-0.2, -0.15) is 0 Å². The van der Waals surface area contributed by atoms with Gasteiger partial charge in [0.1, 0.15) is 11.4 Å². The fourth-order valence-corrected chi connectivity index (χ4v) is 4.21. The van der Waals surface area contributed by atoms with Gasteiger partial charge >= 0.3 is 0 Å². The number of aryl methyl sites for hydroxylation is 2. The van der Waals surface area contributed by atoms with Crippen LogP contribution in [0, 0.1) is 24.0 Å². The number of halogens is 1. The lowest BCUT2D eigenvalue weighted by Crippen LogP contribution is -2.30. The summed E-state index contributed by atoms with van der Waals surface area (Å²) in [5.41, 5.74) is 2.12. The van der Waals surface area contributed by atoms with Gasteiger partial charge in [-0.3, -0.25) is 24.6 Å². The Morgan fingerprint density at radius 2 is 1.85 bits per heavy atom. The molecule has 33 heavy (non-hydrogen) atoms. The van der Waals surface area contributed by atoms with E-state index < -0.39 is 16.9 Å². The Balaban J connectivity index is 1.83. The van der Waals surface area contributed by atoms with Gasteiger partial charge in [-0.05, 0) is 54.8 Å². The summed E-state index contributed by atoms with van der Waals surface area (Å²) in [6, 6.07) is 11.5. The van der Waals surface area contributed by atoms with Crippen LogP contribution >= 0.6 is 11.6 Å². The van der Waals surface area contributed by atoms with Gasteiger partial charge in [0.2, 0.25) is 5.76 Å². The first-order chi connectivity index (χ1) is 15.8. The molecule has 3 heterocycles. The highest BCUT2D eigenvalue weighted by Crippen LogP contribution is 2.41. The molecule has 1 aliphatic rings. The van der Waals surface area contributed by atoms with Crippen LogP contribution in [-0.4, -0.2) is 15.8 Å². The first-order valence-corrected chi connectivity index (χ1v) is 10.4. The number of amides is 1. The molecule has 1 amide bonds. The molecule has 2 aromatic heterocycles. The highest BCUT2D eigenvalue weighted by molar-refractivity contribution is 6.30. The van der Waals surface area contributed by atoms with Crippen LogP contribution in [0.25, 0.3) is 11.0 Å². The summed E-state index contributed by atoms with van der Waals surface area (Å²) in [4.78, 5) is 43.6. The summed E-state index contributed by atoms with van der Waals surface area (Å²) >= 11 is 5.97. The summed E-state index contributed by atoms with van der Waals surface area (Å²) in [6.07, 6.45) is 1.39. The molecule has 5 rings (SSSR count). The third-order valence-corrected chi connectivity index (χ3v) is 6.07. The van der Waals surface area contributed by atoms with Crippen molar-refractivity contribution in [2.24, 2.45) is 0 Å². The summed E-state index contributed by atoms with van der Waals surface area (Å²) < 4.78 is 5.96. The first-order valence-electron chi connectivity index (χ1n) is 10.0. The SMILES string of the molecule is Cc1cc2oc3c(c(=O)c2cc1C)C(c1cccc([N+](=O)[O-])c1)N(c1ccc(Cl)cn1)C3=O. The molecule has 4 aromatic rings. The normalized spacial score (nSPS) is 15.2. The maximum atomic E-state index is 13.6. The van der Waals surface area contributed by atoms with Crippen LogP contribution in [0.3, 0.4) is 0 Å². The Bertz CT molecular complexity index is 1530. The lowest BCUT2D eigenvalue weighted by molar-refractivity contribution is -0.384. The predicted molar refractivity (Wildman–Crippen MR) is 123 cm³/mol. The minimum absolute atomic E-state index is 0.107. The number of carbonyl (C=O) groups excluding carboxylic acids is 1. The van der Waals surface area contributed by atoms with E-state index in [0.29, 0.717) is 21.6 Å². The third-order valence-electron chi connectivity index (χ3n) is 5.84. The smallest absolute Gasteiger partial charge is 0.296 e. The molecule has 0 bridgehead atoms. The zero-order valence-corrected chi connectivity index (χ0v) is 18.3. The van der Waals surface area contributed by atoms with E-state index >= 15 is 0 Å². The van der Waals surface area contributed by atoms with Crippen LogP contribution in [0.1, 0.15) is 38.9 Å². The van der Waals surface area contributed by atoms with Gasteiger partial charge in [0, 0.05) is 18.3 Å². The first kappa shape index (κ1) is 20.8. The number of fused-ring (bicyclic) bond motifs is 2. The number of benzene rings is 2. The van der Waals surface area contributed by atoms with E-state index in [9.17, 15) is 19.7 Å². The molecule has 0 fully saturated rings. The minimum atomic E-state index is -0.955. The molecule has 0 saturated carbocycles. The van der Waals surface area contributed by atoms with Crippen molar-refractivity contribution < 1.29 is 14.1 Å². The van der Waals surface area contributed by atoms with Crippen molar-refractivity contribution in [3.05, 3.63) is 108 Å². The van der Waals surface area contributed by atoms with Crippen molar-refractivity contribution in [3.8, 4) is 0 Å². The van der Waals surface area contributed by atoms with Crippen molar-refractivity contribution in [3.63, 3.8) is 0 Å². The number of nitrogens with zero attached hydrogens (tertiary/aromatic N) is 3. The summed E-state index contributed by atoms with van der Waals surface area (Å²) in [6.45, 7) is 3.77. The quantitative estimate of drug-likeness (QED) is 0.310. The Morgan fingerprint density at radius 3 is 2.55 bits per heavy atom. The number of non-ortho nitro benzene ring substituents is 1. The van der Waals surface area contributed by atoms with E-state index in [-0.39, 0.29) is 28.3 Å². The fraction of sp³-hybridized carbons (Fsp3) is 0.125. The summed E-state index contributed by atoms with van der Waals surface area (Å²) in [5, 5.41) is 12.1. The number of nitro benzene ring substituents is 1. The Labute approximate surface area is 192 Å². The van der Waals surface area contributed by atoms with Gasteiger partial charge in [-0.15, -0.1) is 0 Å². The second-order valence-corrected chi connectivity index (χ2v) is 8.31. The predicted octanol–water partition coefficient (Wildman–Crippen LogP) is 5.12. The van der Waals surface area contributed by atoms with Crippen molar-refractivity contribution in [1.82, 2.24) is 4.98 Å².